The number of alkyl halides is 2. The summed E-state index contributed by atoms with van der Waals surface area (Å²) >= 11 is 0. The summed E-state index contributed by atoms with van der Waals surface area (Å²) in [5, 5.41) is 7.15. The van der Waals surface area contributed by atoms with Gasteiger partial charge < -0.3 is 0 Å². The fourth-order valence-corrected chi connectivity index (χ4v) is 3.36. The van der Waals surface area contributed by atoms with Gasteiger partial charge in [-0.15, -0.1) is 0 Å². The van der Waals surface area contributed by atoms with Gasteiger partial charge in [-0.2, -0.15) is 5.10 Å². The molecule has 1 aromatic carbocycles. The minimum absolute atomic E-state index is 0.182. The van der Waals surface area contributed by atoms with Crippen molar-refractivity contribution in [2.24, 2.45) is 0 Å². The molecule has 0 aliphatic heterocycles. The topological polar surface area (TPSA) is 68.0 Å². The Morgan fingerprint density at radius 1 is 1.18 bits per heavy atom. The maximum absolute atomic E-state index is 13.5. The van der Waals surface area contributed by atoms with Crippen LogP contribution in [0.25, 0.3) is 22.6 Å². The van der Waals surface area contributed by atoms with Crippen LogP contribution in [-0.2, 0) is 0 Å². The molecule has 1 aliphatic rings. The molecule has 0 radical (unpaired) electrons. The molecule has 1 fully saturated rings. The first kappa shape index (κ1) is 16.9. The Kier molecular flexibility index (Phi) is 3.68. The van der Waals surface area contributed by atoms with Gasteiger partial charge in [0.2, 0.25) is 0 Å². The lowest BCUT2D eigenvalue weighted by Gasteiger charge is -2.07. The predicted molar refractivity (Wildman–Crippen MR) is 100 cm³/mol. The van der Waals surface area contributed by atoms with Crippen LogP contribution in [0.2, 0.25) is 0 Å². The van der Waals surface area contributed by atoms with E-state index >= 15 is 0 Å². The van der Waals surface area contributed by atoms with Crippen molar-refractivity contribution in [2.45, 2.75) is 32.1 Å². The second-order valence-corrected chi connectivity index (χ2v) is 7.15. The van der Waals surface area contributed by atoms with Crippen molar-refractivity contribution in [1.29, 1.82) is 0 Å². The summed E-state index contributed by atoms with van der Waals surface area (Å²) in [6, 6.07) is 10.4. The Hall–Kier alpha value is -3.29. The zero-order valence-electron chi connectivity index (χ0n) is 15.1. The average molecular weight is 381 g/mol. The number of aromatic nitrogens is 5. The van der Waals surface area contributed by atoms with Crippen LogP contribution >= 0.6 is 0 Å². The van der Waals surface area contributed by atoms with Crippen molar-refractivity contribution < 1.29 is 8.78 Å². The molecule has 1 aliphatic carbocycles. The number of halogens is 2. The molecule has 5 rings (SSSR count). The molecule has 1 N–H and O–H groups in total. The number of H-pyrrole nitrogens is 1. The molecule has 6 nitrogen and oxygen atoms in total. The van der Waals surface area contributed by atoms with E-state index in [1.54, 1.807) is 0 Å². The number of fused-ring (bicyclic) bond motifs is 1. The summed E-state index contributed by atoms with van der Waals surface area (Å²) in [5.74, 6) is 0.224. The lowest BCUT2D eigenvalue weighted by Crippen LogP contribution is -2.13. The third-order valence-corrected chi connectivity index (χ3v) is 5.04. The molecule has 0 atom stereocenters. The molecule has 3 heterocycles. The monoisotopic (exact) mass is 381 g/mol. The highest BCUT2D eigenvalue weighted by Crippen LogP contribution is 2.40. The zero-order valence-corrected chi connectivity index (χ0v) is 15.1. The fraction of sp³-hybridized carbons (Fsp3) is 0.250. The lowest BCUT2D eigenvalue weighted by molar-refractivity contribution is 0.143. The van der Waals surface area contributed by atoms with Crippen LogP contribution in [0.15, 0.2) is 47.4 Å². The van der Waals surface area contributed by atoms with Crippen LogP contribution in [0, 0.1) is 6.92 Å². The van der Waals surface area contributed by atoms with E-state index in [0.29, 0.717) is 28.3 Å². The van der Waals surface area contributed by atoms with Gasteiger partial charge >= 0.3 is 0 Å². The van der Waals surface area contributed by atoms with E-state index in [2.05, 4.69) is 15.2 Å². The second-order valence-electron chi connectivity index (χ2n) is 7.15. The van der Waals surface area contributed by atoms with Gasteiger partial charge in [-0.25, -0.2) is 23.0 Å². The highest BCUT2D eigenvalue weighted by Gasteiger charge is 2.28. The molecule has 28 heavy (non-hydrogen) atoms. The Morgan fingerprint density at radius 3 is 2.61 bits per heavy atom. The number of hydrogen-bond donors (Lipinski definition) is 1. The predicted octanol–water partition coefficient (Wildman–Crippen LogP) is 4.00. The molecule has 142 valence electrons. The fourth-order valence-electron chi connectivity index (χ4n) is 3.36. The van der Waals surface area contributed by atoms with E-state index in [1.165, 1.54) is 23.0 Å². The molecule has 4 aromatic rings. The molecule has 0 bridgehead atoms. The maximum atomic E-state index is 13.5. The van der Waals surface area contributed by atoms with E-state index in [1.807, 2.05) is 31.2 Å². The van der Waals surface area contributed by atoms with Gasteiger partial charge in [0.1, 0.15) is 5.69 Å². The molecule has 0 amide bonds. The number of nitrogens with one attached hydrogen (secondary N) is 1. The van der Waals surface area contributed by atoms with Crippen LogP contribution in [0.5, 0.6) is 0 Å². The number of aryl methyl sites for hydroxylation is 1. The summed E-state index contributed by atoms with van der Waals surface area (Å²) in [5.41, 5.74) is 3.35. The van der Waals surface area contributed by atoms with Gasteiger partial charge in [0.15, 0.2) is 5.65 Å². The van der Waals surface area contributed by atoms with E-state index in [0.717, 1.165) is 22.9 Å². The van der Waals surface area contributed by atoms with Crippen molar-refractivity contribution in [1.82, 2.24) is 24.4 Å². The van der Waals surface area contributed by atoms with Crippen LogP contribution < -0.4 is 5.56 Å². The third kappa shape index (κ3) is 2.72. The van der Waals surface area contributed by atoms with E-state index in [4.69, 9.17) is 0 Å². The standard InChI is InChI=1S/C20H17F2N5O/c1-11-2-6-13(7-3-11)26-18(28)9-16(25-26)14-10-23-27-17(19(21)22)8-15(12-4-5-12)24-20(14)27/h2-3,6-10,12,19,25H,4-5H2,1H3. The van der Waals surface area contributed by atoms with E-state index in [9.17, 15) is 13.6 Å². The average Bonchev–Trinajstić information content (AvgIpc) is 3.33. The first-order valence-corrected chi connectivity index (χ1v) is 9.07. The molecule has 0 saturated heterocycles. The normalized spacial score (nSPS) is 14.3. The SMILES string of the molecule is Cc1ccc(-n2[nH]c(-c3cnn4c(C(F)F)cc(C5CC5)nc34)cc2=O)cc1. The molecule has 0 spiro atoms. The van der Waals surface area contributed by atoms with Crippen molar-refractivity contribution in [3.63, 3.8) is 0 Å². The van der Waals surface area contributed by atoms with E-state index < -0.39 is 6.43 Å². The van der Waals surface area contributed by atoms with Gasteiger partial charge in [0, 0.05) is 17.7 Å². The van der Waals surface area contributed by atoms with Gasteiger partial charge in [-0.05, 0) is 38.0 Å². The first-order valence-electron chi connectivity index (χ1n) is 9.07. The van der Waals surface area contributed by atoms with Crippen LogP contribution in [0.1, 0.15) is 42.1 Å². The van der Waals surface area contributed by atoms with Crippen LogP contribution in [0.3, 0.4) is 0 Å². The molecule has 0 unspecified atom stereocenters. The molecule has 3 aromatic heterocycles. The minimum Gasteiger partial charge on any atom is -0.290 e. The third-order valence-electron chi connectivity index (χ3n) is 5.04. The van der Waals surface area contributed by atoms with Crippen molar-refractivity contribution in [2.75, 3.05) is 0 Å². The van der Waals surface area contributed by atoms with Gasteiger partial charge in [-0.3, -0.25) is 9.89 Å². The summed E-state index contributed by atoms with van der Waals surface area (Å²) in [7, 11) is 0. The van der Waals surface area contributed by atoms with E-state index in [-0.39, 0.29) is 17.2 Å². The highest BCUT2D eigenvalue weighted by atomic mass is 19.3. The maximum Gasteiger partial charge on any atom is 0.280 e. The van der Waals surface area contributed by atoms with Crippen molar-refractivity contribution >= 4 is 5.65 Å². The van der Waals surface area contributed by atoms with Crippen molar-refractivity contribution in [3.05, 3.63) is 69.9 Å². The number of benzene rings is 1. The summed E-state index contributed by atoms with van der Waals surface area (Å²) in [6.45, 7) is 1.97. The van der Waals surface area contributed by atoms with Crippen LogP contribution in [-0.4, -0.2) is 24.4 Å². The summed E-state index contributed by atoms with van der Waals surface area (Å²) in [4.78, 5) is 17.1. The number of nitrogens with zero attached hydrogens (tertiary/aromatic N) is 4. The lowest BCUT2D eigenvalue weighted by atomic mass is 10.2. The molecular weight excluding hydrogens is 364 g/mol. The Balaban J connectivity index is 1.67. The Morgan fingerprint density at radius 2 is 1.93 bits per heavy atom. The number of rotatable bonds is 4. The quantitative estimate of drug-likeness (QED) is 0.581. The van der Waals surface area contributed by atoms with Gasteiger partial charge in [0.25, 0.3) is 12.0 Å². The first-order chi connectivity index (χ1) is 13.5. The second kappa shape index (κ2) is 6.12. The largest absolute Gasteiger partial charge is 0.290 e. The minimum atomic E-state index is -2.66. The molecular formula is C20H17F2N5O. The van der Waals surface area contributed by atoms with Crippen molar-refractivity contribution in [3.8, 4) is 16.9 Å². The Labute approximate surface area is 158 Å². The summed E-state index contributed by atoms with van der Waals surface area (Å²) < 4.78 is 29.7. The van der Waals surface area contributed by atoms with Crippen LogP contribution in [0.4, 0.5) is 8.78 Å². The molecule has 1 saturated carbocycles. The number of aromatic amines is 1. The van der Waals surface area contributed by atoms with Gasteiger partial charge in [-0.1, -0.05) is 17.7 Å². The summed E-state index contributed by atoms with van der Waals surface area (Å²) in [6.07, 6.45) is 0.716. The Bertz CT molecular complexity index is 1230. The highest BCUT2D eigenvalue weighted by molar-refractivity contribution is 5.74. The molecule has 8 heteroatoms. The van der Waals surface area contributed by atoms with Gasteiger partial charge in [0.05, 0.1) is 23.1 Å². The number of hydrogen-bond acceptors (Lipinski definition) is 3. The zero-order chi connectivity index (χ0) is 19.4. The smallest absolute Gasteiger partial charge is 0.280 e.